The van der Waals surface area contributed by atoms with Crippen LogP contribution in [0.5, 0.6) is 11.6 Å². The summed E-state index contributed by atoms with van der Waals surface area (Å²) in [7, 11) is 2.01. The molecule has 0 bridgehead atoms. The Bertz CT molecular complexity index is 1690. The van der Waals surface area contributed by atoms with E-state index in [0.29, 0.717) is 23.9 Å². The number of hydrogen-bond acceptors (Lipinski definition) is 6. The first-order chi connectivity index (χ1) is 18.0. The van der Waals surface area contributed by atoms with E-state index < -0.39 is 0 Å². The topological polar surface area (TPSA) is 94.0 Å². The molecule has 8 nitrogen and oxygen atoms in total. The molecule has 8 heteroatoms. The first kappa shape index (κ1) is 22.5. The highest BCUT2D eigenvalue weighted by molar-refractivity contribution is 6.09. The van der Waals surface area contributed by atoms with Gasteiger partial charge in [-0.15, -0.1) is 0 Å². The molecule has 1 amide bonds. The molecular weight excluding hydrogens is 464 g/mol. The zero-order valence-electron chi connectivity index (χ0n) is 20.4. The smallest absolute Gasteiger partial charge is 0.247 e. The van der Waals surface area contributed by atoms with Crippen LogP contribution in [0.15, 0.2) is 79.6 Å². The quantitative estimate of drug-likeness (QED) is 0.302. The van der Waals surface area contributed by atoms with Gasteiger partial charge in [-0.3, -0.25) is 4.79 Å². The Morgan fingerprint density at radius 3 is 2.76 bits per heavy atom. The first-order valence-corrected chi connectivity index (χ1v) is 11.9. The number of benzene rings is 2. The van der Waals surface area contributed by atoms with E-state index in [9.17, 15) is 4.79 Å². The van der Waals surface area contributed by atoms with Crippen LogP contribution in [0.3, 0.4) is 0 Å². The highest BCUT2D eigenvalue weighted by Gasteiger charge is 2.26. The van der Waals surface area contributed by atoms with Crippen molar-refractivity contribution in [3.63, 3.8) is 0 Å². The van der Waals surface area contributed by atoms with E-state index in [1.54, 1.807) is 6.33 Å². The van der Waals surface area contributed by atoms with Crippen molar-refractivity contribution in [2.24, 2.45) is 7.05 Å². The number of fused-ring (bicyclic) bond motifs is 2. The summed E-state index contributed by atoms with van der Waals surface area (Å²) in [6, 6.07) is 19.6. The van der Waals surface area contributed by atoms with E-state index in [1.807, 2.05) is 68.6 Å². The lowest BCUT2D eigenvalue weighted by Gasteiger charge is -2.14. The Kier molecular flexibility index (Phi) is 5.41. The molecule has 1 aliphatic heterocycles. The highest BCUT2D eigenvalue weighted by Crippen LogP contribution is 2.46. The summed E-state index contributed by atoms with van der Waals surface area (Å²) in [5.74, 6) is 1.81. The third-order valence-electron chi connectivity index (χ3n) is 6.46. The van der Waals surface area contributed by atoms with Gasteiger partial charge in [0.25, 0.3) is 0 Å². The molecule has 1 aliphatic rings. The maximum absolute atomic E-state index is 11.7. The number of nitrogens with one attached hydrogen (secondary N) is 2. The molecule has 0 fully saturated rings. The Balaban J connectivity index is 1.48. The SMILES string of the molecule is C=CC(=O)Nc1ccc(-c2c3c4c(ncnc4n2C)NCc2cc(Oc4cccc(C)n4)ccc2-3)cc1. The lowest BCUT2D eigenvalue weighted by molar-refractivity contribution is -0.111. The van der Waals surface area contributed by atoms with Gasteiger partial charge in [0.1, 0.15) is 23.5 Å². The Hall–Kier alpha value is -4.98. The summed E-state index contributed by atoms with van der Waals surface area (Å²) in [5, 5.41) is 7.25. The summed E-state index contributed by atoms with van der Waals surface area (Å²) >= 11 is 0. The van der Waals surface area contributed by atoms with Gasteiger partial charge in [-0.05, 0) is 60.0 Å². The van der Waals surface area contributed by atoms with Crippen molar-refractivity contribution >= 4 is 28.4 Å². The van der Waals surface area contributed by atoms with Gasteiger partial charge >= 0.3 is 0 Å². The second-order valence-corrected chi connectivity index (χ2v) is 8.87. The molecule has 0 atom stereocenters. The van der Waals surface area contributed by atoms with Crippen molar-refractivity contribution in [3.05, 3.63) is 90.9 Å². The molecule has 0 saturated heterocycles. The minimum Gasteiger partial charge on any atom is -0.439 e. The Morgan fingerprint density at radius 2 is 1.97 bits per heavy atom. The summed E-state index contributed by atoms with van der Waals surface area (Å²) in [6.07, 6.45) is 2.84. The average molecular weight is 489 g/mol. The van der Waals surface area contributed by atoms with Gasteiger partial charge in [-0.25, -0.2) is 15.0 Å². The van der Waals surface area contributed by atoms with Crippen molar-refractivity contribution in [1.82, 2.24) is 19.5 Å². The highest BCUT2D eigenvalue weighted by atomic mass is 16.5. The van der Waals surface area contributed by atoms with Crippen LogP contribution in [0.25, 0.3) is 33.4 Å². The fraction of sp³-hybridized carbons (Fsp3) is 0.103. The Morgan fingerprint density at radius 1 is 1.14 bits per heavy atom. The number of nitrogens with zero attached hydrogens (tertiary/aromatic N) is 4. The fourth-order valence-corrected chi connectivity index (χ4v) is 4.79. The van der Waals surface area contributed by atoms with Crippen molar-refractivity contribution in [1.29, 1.82) is 0 Å². The maximum Gasteiger partial charge on any atom is 0.247 e. The lowest BCUT2D eigenvalue weighted by Crippen LogP contribution is -2.07. The molecule has 0 unspecified atom stereocenters. The van der Waals surface area contributed by atoms with Crippen LogP contribution in [-0.2, 0) is 18.4 Å². The van der Waals surface area contributed by atoms with Gasteiger partial charge < -0.3 is 19.9 Å². The third-order valence-corrected chi connectivity index (χ3v) is 6.46. The van der Waals surface area contributed by atoms with Crippen LogP contribution in [0.2, 0.25) is 0 Å². The summed E-state index contributed by atoms with van der Waals surface area (Å²) in [4.78, 5) is 25.3. The molecule has 37 heavy (non-hydrogen) atoms. The van der Waals surface area contributed by atoms with E-state index in [1.165, 1.54) is 6.08 Å². The van der Waals surface area contributed by atoms with E-state index in [-0.39, 0.29) is 5.91 Å². The molecule has 6 rings (SSSR count). The molecule has 4 heterocycles. The monoisotopic (exact) mass is 488 g/mol. The predicted octanol–water partition coefficient (Wildman–Crippen LogP) is 5.85. The van der Waals surface area contributed by atoms with Gasteiger partial charge in [0, 0.05) is 36.6 Å². The zero-order chi connectivity index (χ0) is 25.5. The maximum atomic E-state index is 11.7. The second-order valence-electron chi connectivity index (χ2n) is 8.87. The normalized spacial score (nSPS) is 11.8. The first-order valence-electron chi connectivity index (χ1n) is 11.9. The van der Waals surface area contributed by atoms with Gasteiger partial charge in [0.15, 0.2) is 0 Å². The molecule has 0 radical (unpaired) electrons. The summed E-state index contributed by atoms with van der Waals surface area (Å²) in [5.41, 5.74) is 7.65. The molecule has 3 aromatic heterocycles. The van der Waals surface area contributed by atoms with Gasteiger partial charge in [-0.2, -0.15) is 0 Å². The van der Waals surface area contributed by atoms with Crippen molar-refractivity contribution < 1.29 is 9.53 Å². The minimum absolute atomic E-state index is 0.247. The molecule has 0 spiro atoms. The number of ether oxygens (including phenoxy) is 1. The van der Waals surface area contributed by atoms with E-state index in [4.69, 9.17) is 4.74 Å². The zero-order valence-corrected chi connectivity index (χ0v) is 20.4. The molecule has 182 valence electrons. The lowest BCUT2D eigenvalue weighted by atomic mass is 9.95. The third kappa shape index (κ3) is 3.98. The number of rotatable bonds is 5. The van der Waals surface area contributed by atoms with Crippen LogP contribution < -0.4 is 15.4 Å². The molecule has 5 aromatic rings. The number of carbonyl (C=O) groups is 1. The average Bonchev–Trinajstić information content (AvgIpc) is 3.10. The van der Waals surface area contributed by atoms with Gasteiger partial charge in [0.2, 0.25) is 11.8 Å². The van der Waals surface area contributed by atoms with Crippen LogP contribution in [0, 0.1) is 6.92 Å². The summed E-state index contributed by atoms with van der Waals surface area (Å²) in [6.45, 7) is 6.04. The van der Waals surface area contributed by atoms with Gasteiger partial charge in [-0.1, -0.05) is 30.8 Å². The summed E-state index contributed by atoms with van der Waals surface area (Å²) < 4.78 is 8.17. The van der Waals surface area contributed by atoms with Crippen molar-refractivity contribution in [3.8, 4) is 34.0 Å². The standard InChI is InChI=1S/C29H24N6O2/c1-4-23(36)34-20-10-8-18(9-11-20)27-25-22-13-12-21(37-24-7-5-6-17(2)33-24)14-19(22)15-30-28-26(25)29(35(27)3)32-16-31-28/h4-14,16H,1,15H2,2-3H3,(H,34,36)(H,30,31,32). The number of carbonyl (C=O) groups excluding carboxylic acids is 1. The number of aryl methyl sites for hydroxylation is 2. The number of hydrogen-bond donors (Lipinski definition) is 2. The fourth-order valence-electron chi connectivity index (χ4n) is 4.79. The van der Waals surface area contributed by atoms with Crippen LogP contribution >= 0.6 is 0 Å². The molecule has 0 aliphatic carbocycles. The predicted molar refractivity (Wildman–Crippen MR) is 145 cm³/mol. The number of pyridine rings is 1. The van der Waals surface area contributed by atoms with Gasteiger partial charge in [0.05, 0.1) is 11.1 Å². The van der Waals surface area contributed by atoms with E-state index >= 15 is 0 Å². The van der Waals surface area contributed by atoms with E-state index in [0.717, 1.165) is 50.5 Å². The molecule has 2 aromatic carbocycles. The number of anilines is 2. The minimum atomic E-state index is -0.247. The largest absolute Gasteiger partial charge is 0.439 e. The second kappa shape index (κ2) is 8.91. The van der Waals surface area contributed by atoms with E-state index in [2.05, 4.69) is 42.8 Å². The Labute approximate surface area is 213 Å². The van der Waals surface area contributed by atoms with Crippen molar-refractivity contribution in [2.45, 2.75) is 13.5 Å². The molecule has 2 N–H and O–H groups in total. The van der Waals surface area contributed by atoms with Crippen LogP contribution in [0.4, 0.5) is 11.5 Å². The molecule has 0 saturated carbocycles. The molecular formula is C29H24N6O2. The van der Waals surface area contributed by atoms with Crippen LogP contribution in [-0.4, -0.2) is 25.4 Å². The number of amides is 1. The van der Waals surface area contributed by atoms with Crippen LogP contribution in [0.1, 0.15) is 11.3 Å². The number of aromatic nitrogens is 4. The van der Waals surface area contributed by atoms with Crippen molar-refractivity contribution in [2.75, 3.05) is 10.6 Å².